The van der Waals surface area contributed by atoms with Crippen LogP contribution < -0.4 is 5.30 Å². The molecule has 0 aliphatic heterocycles. The number of hydrogen-bond donors (Lipinski definition) is 0. The molecule has 3 rings (SSSR count). The lowest BCUT2D eigenvalue weighted by Crippen LogP contribution is -1.93. The molecule has 1 unspecified atom stereocenters. The van der Waals surface area contributed by atoms with Crippen molar-refractivity contribution < 1.29 is 0 Å². The molecular formula is C17H14BrP. The van der Waals surface area contributed by atoms with Gasteiger partial charge >= 0.3 is 0 Å². The van der Waals surface area contributed by atoms with E-state index in [1.54, 1.807) is 0 Å². The molecule has 0 aliphatic carbocycles. The maximum absolute atomic E-state index is 3.68. The molecule has 0 radical (unpaired) electrons. The highest BCUT2D eigenvalue weighted by Gasteiger charge is 2.04. The molecular weight excluding hydrogens is 315 g/mol. The molecule has 2 heteroatoms. The molecule has 0 saturated heterocycles. The molecule has 0 aliphatic rings. The Bertz CT molecular complexity index is 687. The van der Waals surface area contributed by atoms with Gasteiger partial charge < -0.3 is 0 Å². The largest absolute Gasteiger partial charge is 0.0859 e. The summed E-state index contributed by atoms with van der Waals surface area (Å²) in [5.41, 5.74) is 1.42. The zero-order valence-corrected chi connectivity index (χ0v) is 13.0. The molecule has 0 amide bonds. The normalized spacial score (nSPS) is 11.4. The first-order chi connectivity index (χ1) is 9.34. The Morgan fingerprint density at radius 2 is 1.53 bits per heavy atom. The average molecular weight is 329 g/mol. The average Bonchev–Trinajstić information content (AvgIpc) is 2.46. The van der Waals surface area contributed by atoms with Gasteiger partial charge in [0, 0.05) is 4.47 Å². The van der Waals surface area contributed by atoms with Crippen LogP contribution >= 0.6 is 24.5 Å². The Morgan fingerprint density at radius 1 is 0.789 bits per heavy atom. The number of halogens is 1. The van der Waals surface area contributed by atoms with Gasteiger partial charge in [0.25, 0.3) is 0 Å². The zero-order valence-electron chi connectivity index (χ0n) is 10.4. The van der Waals surface area contributed by atoms with Gasteiger partial charge in [0.15, 0.2) is 0 Å². The van der Waals surface area contributed by atoms with E-state index in [0.29, 0.717) is 0 Å². The lowest BCUT2D eigenvalue weighted by molar-refractivity contribution is 1.45. The zero-order chi connectivity index (χ0) is 13.1. The van der Waals surface area contributed by atoms with Crippen LogP contribution in [0.3, 0.4) is 0 Å². The van der Waals surface area contributed by atoms with Crippen molar-refractivity contribution in [1.29, 1.82) is 0 Å². The van der Waals surface area contributed by atoms with Crippen LogP contribution in [0.15, 0.2) is 71.2 Å². The summed E-state index contributed by atoms with van der Waals surface area (Å²) in [7, 11) is 0.821. The lowest BCUT2D eigenvalue weighted by Gasteiger charge is -2.08. The second-order valence-electron chi connectivity index (χ2n) is 4.47. The van der Waals surface area contributed by atoms with Gasteiger partial charge in [-0.1, -0.05) is 85.2 Å². The van der Waals surface area contributed by atoms with Gasteiger partial charge in [-0.15, -0.1) is 0 Å². The highest BCUT2D eigenvalue weighted by molar-refractivity contribution is 9.10. The molecule has 0 saturated carbocycles. The molecule has 0 fully saturated rings. The molecule has 3 aromatic carbocycles. The molecule has 0 heterocycles. The monoisotopic (exact) mass is 328 g/mol. The first-order valence-electron chi connectivity index (χ1n) is 6.29. The molecule has 94 valence electrons. The van der Waals surface area contributed by atoms with Crippen molar-refractivity contribution in [3.8, 4) is 0 Å². The Labute approximate surface area is 123 Å². The Hall–Kier alpha value is -1.17. The summed E-state index contributed by atoms with van der Waals surface area (Å²) >= 11 is 3.68. The fourth-order valence-electron chi connectivity index (χ4n) is 2.27. The molecule has 0 aromatic heterocycles. The third-order valence-electron chi connectivity index (χ3n) is 3.20. The minimum Gasteiger partial charge on any atom is -0.0859 e. The maximum Gasteiger partial charge on any atom is 0.0256 e. The molecule has 0 spiro atoms. The van der Waals surface area contributed by atoms with Gasteiger partial charge in [-0.2, -0.15) is 0 Å². The van der Waals surface area contributed by atoms with Crippen molar-refractivity contribution >= 4 is 40.6 Å². The molecule has 3 aromatic rings. The fourth-order valence-corrected chi connectivity index (χ4v) is 4.02. The van der Waals surface area contributed by atoms with Gasteiger partial charge in [0.05, 0.1) is 0 Å². The number of rotatable bonds is 3. The van der Waals surface area contributed by atoms with Gasteiger partial charge in [0.1, 0.15) is 0 Å². The second kappa shape index (κ2) is 5.86. The van der Waals surface area contributed by atoms with E-state index in [9.17, 15) is 0 Å². The molecule has 0 nitrogen and oxygen atoms in total. The number of benzene rings is 3. The van der Waals surface area contributed by atoms with E-state index in [1.807, 2.05) is 0 Å². The van der Waals surface area contributed by atoms with E-state index in [0.717, 1.165) is 14.7 Å². The van der Waals surface area contributed by atoms with Crippen LogP contribution in [0.4, 0.5) is 0 Å². The minimum absolute atomic E-state index is 0.821. The van der Waals surface area contributed by atoms with Crippen LogP contribution in [0.1, 0.15) is 5.56 Å². The summed E-state index contributed by atoms with van der Waals surface area (Å²) in [4.78, 5) is 0. The quantitative estimate of drug-likeness (QED) is 0.586. The van der Waals surface area contributed by atoms with Crippen LogP contribution in [0.2, 0.25) is 0 Å². The van der Waals surface area contributed by atoms with Gasteiger partial charge in [-0.3, -0.25) is 0 Å². The highest BCUT2D eigenvalue weighted by Crippen LogP contribution is 2.30. The maximum atomic E-state index is 3.68. The smallest absolute Gasteiger partial charge is 0.0256 e. The van der Waals surface area contributed by atoms with Crippen molar-refractivity contribution in [2.75, 3.05) is 0 Å². The Kier molecular flexibility index (Phi) is 3.96. The van der Waals surface area contributed by atoms with Crippen LogP contribution in [0.25, 0.3) is 10.8 Å². The van der Waals surface area contributed by atoms with E-state index in [1.165, 1.54) is 26.1 Å². The molecule has 19 heavy (non-hydrogen) atoms. The van der Waals surface area contributed by atoms with E-state index in [2.05, 4.69) is 82.7 Å². The van der Waals surface area contributed by atoms with Crippen molar-refractivity contribution in [3.05, 3.63) is 76.8 Å². The summed E-state index contributed by atoms with van der Waals surface area (Å²) in [6.07, 6.45) is 1.10. The van der Waals surface area contributed by atoms with Crippen molar-refractivity contribution in [2.24, 2.45) is 0 Å². The van der Waals surface area contributed by atoms with E-state index >= 15 is 0 Å². The summed E-state index contributed by atoms with van der Waals surface area (Å²) in [5.74, 6) is 0. The van der Waals surface area contributed by atoms with Gasteiger partial charge in [0.2, 0.25) is 0 Å². The first-order valence-corrected chi connectivity index (χ1v) is 8.29. The van der Waals surface area contributed by atoms with E-state index in [-0.39, 0.29) is 0 Å². The first kappa shape index (κ1) is 12.8. The third-order valence-corrected chi connectivity index (χ3v) is 5.16. The number of hydrogen-bond acceptors (Lipinski definition) is 0. The Balaban J connectivity index is 1.93. The lowest BCUT2D eigenvalue weighted by atomic mass is 10.1. The topological polar surface area (TPSA) is 0 Å². The fraction of sp³-hybridized carbons (Fsp3) is 0.0588. The third kappa shape index (κ3) is 2.88. The standard InChI is InChI=1S/C17H14BrP/c18-16-11-5-7-13-6-4-8-14(17(13)16)12-19-15-9-2-1-3-10-15/h1-11,19H,12H2. The van der Waals surface area contributed by atoms with Crippen molar-refractivity contribution in [1.82, 2.24) is 0 Å². The minimum atomic E-state index is 0.821. The molecule has 1 atom stereocenters. The van der Waals surface area contributed by atoms with Crippen molar-refractivity contribution in [2.45, 2.75) is 6.16 Å². The highest BCUT2D eigenvalue weighted by atomic mass is 79.9. The van der Waals surface area contributed by atoms with Crippen LogP contribution in [-0.4, -0.2) is 0 Å². The van der Waals surface area contributed by atoms with Crippen LogP contribution in [0, 0.1) is 0 Å². The van der Waals surface area contributed by atoms with E-state index < -0.39 is 0 Å². The summed E-state index contributed by atoms with van der Waals surface area (Å²) in [5, 5.41) is 4.09. The summed E-state index contributed by atoms with van der Waals surface area (Å²) in [6, 6.07) is 23.7. The number of fused-ring (bicyclic) bond motifs is 1. The van der Waals surface area contributed by atoms with Crippen LogP contribution in [-0.2, 0) is 6.16 Å². The summed E-state index contributed by atoms with van der Waals surface area (Å²) in [6.45, 7) is 0. The predicted molar refractivity (Wildman–Crippen MR) is 89.7 cm³/mol. The van der Waals surface area contributed by atoms with Crippen LogP contribution in [0.5, 0.6) is 0 Å². The van der Waals surface area contributed by atoms with Crippen molar-refractivity contribution in [3.63, 3.8) is 0 Å². The van der Waals surface area contributed by atoms with Gasteiger partial charge in [-0.25, -0.2) is 0 Å². The molecule has 0 N–H and O–H groups in total. The SMILES string of the molecule is Brc1cccc2cccc(CPc3ccccc3)c12. The Morgan fingerprint density at radius 3 is 2.32 bits per heavy atom. The van der Waals surface area contributed by atoms with Gasteiger partial charge in [-0.05, 0) is 33.9 Å². The summed E-state index contributed by atoms with van der Waals surface area (Å²) < 4.78 is 1.19. The molecule has 0 bridgehead atoms. The predicted octanol–water partition coefficient (Wildman–Crippen LogP) is 5.11. The van der Waals surface area contributed by atoms with E-state index in [4.69, 9.17) is 0 Å². The second-order valence-corrected chi connectivity index (χ2v) is 6.61.